The van der Waals surface area contributed by atoms with Crippen molar-refractivity contribution in [2.24, 2.45) is 0 Å². The average Bonchev–Trinajstić information content (AvgIpc) is 3.29. The zero-order valence-electron chi connectivity index (χ0n) is 20.2. The number of rotatable bonds is 4. The van der Waals surface area contributed by atoms with Crippen molar-refractivity contribution < 1.29 is 14.3 Å². The number of pyridine rings is 1. The van der Waals surface area contributed by atoms with Crippen LogP contribution in [0.4, 0.5) is 0 Å². The summed E-state index contributed by atoms with van der Waals surface area (Å²) in [5, 5.41) is 7.70. The fraction of sp³-hybridized carbons (Fsp3) is 0.241. The standard InChI is InChI=1S/C29H26N4O3/c1-17(2)18-3-5-20(6-4-18)28-23(34)16-22-15-21(7-8-24(22)36-28)25-26(19-9-11-30-12-10-19)32-33-14-13-31-29(35)27(25)33/h3-12,15,17,28H,13-14,16H2,1-2H3,(H,31,35). The molecule has 180 valence electrons. The number of carbonyl (C=O) groups is 2. The second-order valence-corrected chi connectivity index (χ2v) is 9.57. The van der Waals surface area contributed by atoms with E-state index in [4.69, 9.17) is 9.84 Å². The highest BCUT2D eigenvalue weighted by atomic mass is 16.5. The Kier molecular flexibility index (Phi) is 5.40. The van der Waals surface area contributed by atoms with Crippen LogP contribution in [-0.4, -0.2) is 33.0 Å². The maximum absolute atomic E-state index is 13.1. The number of amides is 1. The number of benzene rings is 2. The summed E-state index contributed by atoms with van der Waals surface area (Å²) in [6.45, 7) is 5.43. The van der Waals surface area contributed by atoms with Gasteiger partial charge in [0.1, 0.15) is 17.1 Å². The number of ketones is 1. The van der Waals surface area contributed by atoms with E-state index in [1.807, 2.05) is 42.5 Å². The Balaban J connectivity index is 1.39. The van der Waals surface area contributed by atoms with Crippen molar-refractivity contribution in [1.29, 1.82) is 0 Å². The first-order chi connectivity index (χ1) is 17.5. The molecule has 4 heterocycles. The van der Waals surface area contributed by atoms with Gasteiger partial charge in [-0.25, -0.2) is 0 Å². The molecular formula is C29H26N4O3. The molecular weight excluding hydrogens is 452 g/mol. The van der Waals surface area contributed by atoms with Crippen LogP contribution in [0.3, 0.4) is 0 Å². The highest BCUT2D eigenvalue weighted by molar-refractivity contribution is 6.03. The van der Waals surface area contributed by atoms with Crippen molar-refractivity contribution in [3.63, 3.8) is 0 Å². The van der Waals surface area contributed by atoms with E-state index in [0.717, 1.165) is 33.5 Å². The fourth-order valence-electron chi connectivity index (χ4n) is 4.97. The lowest BCUT2D eigenvalue weighted by atomic mass is 9.91. The number of nitrogens with zero attached hydrogens (tertiary/aromatic N) is 3. The van der Waals surface area contributed by atoms with Crippen LogP contribution in [0.5, 0.6) is 5.75 Å². The van der Waals surface area contributed by atoms with Crippen LogP contribution in [-0.2, 0) is 17.8 Å². The zero-order chi connectivity index (χ0) is 24.8. The summed E-state index contributed by atoms with van der Waals surface area (Å²) >= 11 is 0. The van der Waals surface area contributed by atoms with Crippen LogP contribution >= 0.6 is 0 Å². The summed E-state index contributed by atoms with van der Waals surface area (Å²) in [5.74, 6) is 0.974. The van der Waals surface area contributed by atoms with E-state index < -0.39 is 6.10 Å². The first kappa shape index (κ1) is 22.2. The van der Waals surface area contributed by atoms with Gasteiger partial charge in [0.25, 0.3) is 5.91 Å². The smallest absolute Gasteiger partial charge is 0.270 e. The molecule has 6 rings (SSSR count). The molecule has 2 aliphatic rings. The molecule has 1 atom stereocenters. The van der Waals surface area contributed by atoms with E-state index in [2.05, 4.69) is 36.3 Å². The summed E-state index contributed by atoms with van der Waals surface area (Å²) in [5.41, 5.74) is 6.60. The third kappa shape index (κ3) is 3.77. The minimum Gasteiger partial charge on any atom is -0.478 e. The highest BCUT2D eigenvalue weighted by Gasteiger charge is 2.32. The van der Waals surface area contributed by atoms with E-state index >= 15 is 0 Å². The first-order valence-corrected chi connectivity index (χ1v) is 12.2. The van der Waals surface area contributed by atoms with Gasteiger partial charge in [0.15, 0.2) is 11.9 Å². The van der Waals surface area contributed by atoms with Gasteiger partial charge in [-0.05, 0) is 46.9 Å². The molecule has 7 nitrogen and oxygen atoms in total. The molecule has 0 radical (unpaired) electrons. The average molecular weight is 479 g/mol. The SMILES string of the molecule is CC(C)c1ccc(C2Oc3ccc(-c4c(-c5ccncc5)nn5c4C(=O)NCC5)cc3CC2=O)cc1. The normalized spacial score (nSPS) is 16.8. The number of hydrogen-bond donors (Lipinski definition) is 1. The lowest BCUT2D eigenvalue weighted by molar-refractivity contribution is -0.126. The van der Waals surface area contributed by atoms with Gasteiger partial charge in [-0.15, -0.1) is 0 Å². The second kappa shape index (κ2) is 8.75. The van der Waals surface area contributed by atoms with Crippen molar-refractivity contribution in [1.82, 2.24) is 20.1 Å². The predicted molar refractivity (Wildman–Crippen MR) is 136 cm³/mol. The lowest BCUT2D eigenvalue weighted by Crippen LogP contribution is -2.35. The van der Waals surface area contributed by atoms with E-state index in [-0.39, 0.29) is 18.1 Å². The number of aromatic nitrogens is 3. The molecule has 0 saturated heterocycles. The van der Waals surface area contributed by atoms with E-state index in [9.17, 15) is 9.59 Å². The van der Waals surface area contributed by atoms with Gasteiger partial charge < -0.3 is 10.1 Å². The van der Waals surface area contributed by atoms with E-state index in [1.54, 1.807) is 17.1 Å². The Bertz CT molecular complexity index is 1470. The predicted octanol–water partition coefficient (Wildman–Crippen LogP) is 4.72. The summed E-state index contributed by atoms with van der Waals surface area (Å²) in [6, 6.07) is 17.6. The molecule has 2 aromatic carbocycles. The van der Waals surface area contributed by atoms with Gasteiger partial charge >= 0.3 is 0 Å². The summed E-state index contributed by atoms with van der Waals surface area (Å²) in [4.78, 5) is 30.1. The van der Waals surface area contributed by atoms with Crippen molar-refractivity contribution >= 4 is 11.7 Å². The quantitative estimate of drug-likeness (QED) is 0.459. The van der Waals surface area contributed by atoms with Gasteiger partial charge in [0.05, 0.1) is 6.54 Å². The Morgan fingerprint density at radius 3 is 2.53 bits per heavy atom. The Morgan fingerprint density at radius 2 is 1.78 bits per heavy atom. The number of Topliss-reactive ketones (excluding diaryl/α,β-unsaturated/α-hetero) is 1. The molecule has 0 fully saturated rings. The van der Waals surface area contributed by atoms with Crippen LogP contribution < -0.4 is 10.1 Å². The van der Waals surface area contributed by atoms with Crippen LogP contribution in [0, 0.1) is 0 Å². The molecule has 1 unspecified atom stereocenters. The molecule has 1 amide bonds. The second-order valence-electron chi connectivity index (χ2n) is 9.57. The first-order valence-electron chi connectivity index (χ1n) is 12.2. The molecule has 0 saturated carbocycles. The molecule has 0 bridgehead atoms. The van der Waals surface area contributed by atoms with Crippen LogP contribution in [0.25, 0.3) is 22.4 Å². The Labute approximate surface area is 209 Å². The zero-order valence-corrected chi connectivity index (χ0v) is 20.2. The molecule has 4 aromatic rings. The number of nitrogens with one attached hydrogen (secondary N) is 1. The van der Waals surface area contributed by atoms with Gasteiger partial charge in [-0.1, -0.05) is 44.2 Å². The van der Waals surface area contributed by atoms with Crippen molar-refractivity contribution in [2.45, 2.75) is 38.8 Å². The lowest BCUT2D eigenvalue weighted by Gasteiger charge is -2.26. The highest BCUT2D eigenvalue weighted by Crippen LogP contribution is 2.40. The minimum atomic E-state index is -0.619. The third-order valence-corrected chi connectivity index (χ3v) is 6.89. The largest absolute Gasteiger partial charge is 0.478 e. The topological polar surface area (TPSA) is 86.1 Å². The Hall–Kier alpha value is -4.26. The molecule has 7 heteroatoms. The molecule has 2 aliphatic heterocycles. The summed E-state index contributed by atoms with van der Waals surface area (Å²) in [6.07, 6.45) is 3.07. The molecule has 2 aromatic heterocycles. The van der Waals surface area contributed by atoms with Gasteiger partial charge in [-0.2, -0.15) is 5.10 Å². The maximum atomic E-state index is 13.1. The van der Waals surface area contributed by atoms with Gasteiger partial charge in [0.2, 0.25) is 0 Å². The molecule has 0 aliphatic carbocycles. The maximum Gasteiger partial charge on any atom is 0.270 e. The summed E-state index contributed by atoms with van der Waals surface area (Å²) in [7, 11) is 0. The Morgan fingerprint density at radius 1 is 1.00 bits per heavy atom. The molecule has 0 spiro atoms. The van der Waals surface area contributed by atoms with E-state index in [0.29, 0.717) is 30.5 Å². The van der Waals surface area contributed by atoms with Crippen LogP contribution in [0.15, 0.2) is 67.0 Å². The molecule has 36 heavy (non-hydrogen) atoms. The number of hydrogen-bond acceptors (Lipinski definition) is 5. The number of ether oxygens (including phenoxy) is 1. The van der Waals surface area contributed by atoms with Crippen molar-refractivity contribution in [3.05, 3.63) is 89.4 Å². The third-order valence-electron chi connectivity index (χ3n) is 6.89. The van der Waals surface area contributed by atoms with Crippen LogP contribution in [0.2, 0.25) is 0 Å². The summed E-state index contributed by atoms with van der Waals surface area (Å²) < 4.78 is 7.96. The van der Waals surface area contributed by atoms with Crippen LogP contribution in [0.1, 0.15) is 53.0 Å². The van der Waals surface area contributed by atoms with Crippen molar-refractivity contribution in [3.8, 4) is 28.1 Å². The monoisotopic (exact) mass is 478 g/mol. The molecule has 1 N–H and O–H groups in total. The van der Waals surface area contributed by atoms with Gasteiger partial charge in [0, 0.05) is 42.0 Å². The number of carbonyl (C=O) groups excluding carboxylic acids is 2. The van der Waals surface area contributed by atoms with E-state index in [1.165, 1.54) is 5.56 Å². The number of fused-ring (bicyclic) bond motifs is 2. The van der Waals surface area contributed by atoms with Gasteiger partial charge in [-0.3, -0.25) is 19.3 Å². The van der Waals surface area contributed by atoms with Crippen molar-refractivity contribution in [2.75, 3.05) is 6.54 Å². The fourth-order valence-corrected chi connectivity index (χ4v) is 4.97. The minimum absolute atomic E-state index is 0.0149.